The van der Waals surface area contributed by atoms with Crippen molar-refractivity contribution in [3.05, 3.63) is 35.6 Å². The molecule has 4 heteroatoms. The second kappa shape index (κ2) is 4.55. The van der Waals surface area contributed by atoms with Crippen LogP contribution < -0.4 is 5.32 Å². The van der Waals surface area contributed by atoms with Gasteiger partial charge in [0.15, 0.2) is 0 Å². The van der Waals surface area contributed by atoms with Gasteiger partial charge in [-0.15, -0.1) is 0 Å². The van der Waals surface area contributed by atoms with Gasteiger partial charge in [-0.05, 0) is 55.2 Å². The van der Waals surface area contributed by atoms with Crippen molar-refractivity contribution >= 4 is 5.91 Å². The summed E-state index contributed by atoms with van der Waals surface area (Å²) in [5.74, 6) is 1.34. The second-order valence-electron chi connectivity index (χ2n) is 6.30. The van der Waals surface area contributed by atoms with Gasteiger partial charge in [0.1, 0.15) is 12.0 Å². The van der Waals surface area contributed by atoms with E-state index in [1.807, 2.05) is 0 Å². The monoisotopic (exact) mass is 274 g/mol. The molecule has 3 aliphatic rings. The lowest BCUT2D eigenvalue weighted by Crippen LogP contribution is -2.42. The van der Waals surface area contributed by atoms with Gasteiger partial charge in [0.2, 0.25) is 5.91 Å². The number of benzene rings is 1. The summed E-state index contributed by atoms with van der Waals surface area (Å²) < 4.78 is 13.1. The van der Waals surface area contributed by atoms with Crippen LogP contribution in [0.3, 0.4) is 0 Å². The number of halogens is 1. The lowest BCUT2D eigenvalue weighted by atomic mass is 10.0. The average Bonchev–Trinajstić information content (AvgIpc) is 3.34. The molecular weight excluding hydrogens is 255 g/mol. The summed E-state index contributed by atoms with van der Waals surface area (Å²) in [7, 11) is 0. The number of hydrogen-bond acceptors (Lipinski definition) is 2. The zero-order chi connectivity index (χ0) is 13.7. The molecule has 1 N–H and O–H groups in total. The topological polar surface area (TPSA) is 32.3 Å². The van der Waals surface area contributed by atoms with Crippen LogP contribution in [0.1, 0.15) is 37.4 Å². The van der Waals surface area contributed by atoms with Gasteiger partial charge in [0.25, 0.3) is 0 Å². The van der Waals surface area contributed by atoms with Crippen molar-refractivity contribution in [2.24, 2.45) is 11.8 Å². The van der Waals surface area contributed by atoms with Crippen LogP contribution in [0.25, 0.3) is 0 Å². The molecule has 1 atom stereocenters. The second-order valence-corrected chi connectivity index (χ2v) is 6.30. The molecule has 3 nitrogen and oxygen atoms in total. The molecular formula is C16H19FN2O. The third-order valence-electron chi connectivity index (χ3n) is 4.73. The predicted molar refractivity (Wildman–Crippen MR) is 73.2 cm³/mol. The first-order valence-electron chi connectivity index (χ1n) is 7.54. The first kappa shape index (κ1) is 12.3. The maximum atomic E-state index is 13.1. The maximum Gasteiger partial charge on any atom is 0.238 e. The third-order valence-corrected chi connectivity index (χ3v) is 4.73. The molecule has 2 saturated carbocycles. The lowest BCUT2D eigenvalue weighted by Gasteiger charge is -2.33. The minimum absolute atomic E-state index is 0.0747. The fraction of sp³-hybridized carbons (Fsp3) is 0.562. The highest BCUT2D eigenvalue weighted by Crippen LogP contribution is 2.49. The van der Waals surface area contributed by atoms with E-state index in [0.29, 0.717) is 24.4 Å². The Morgan fingerprint density at radius 3 is 2.25 bits per heavy atom. The van der Waals surface area contributed by atoms with E-state index in [0.717, 1.165) is 5.56 Å². The van der Waals surface area contributed by atoms with E-state index in [1.54, 1.807) is 12.1 Å². The Morgan fingerprint density at radius 2 is 1.70 bits per heavy atom. The molecule has 1 aliphatic heterocycles. The van der Waals surface area contributed by atoms with E-state index >= 15 is 0 Å². The van der Waals surface area contributed by atoms with Crippen molar-refractivity contribution in [3.63, 3.8) is 0 Å². The molecule has 1 heterocycles. The summed E-state index contributed by atoms with van der Waals surface area (Å²) in [5, 5.41) is 3.29. The van der Waals surface area contributed by atoms with Crippen LogP contribution >= 0.6 is 0 Å². The number of rotatable bonds is 4. The summed E-state index contributed by atoms with van der Waals surface area (Å²) in [6.45, 7) is 0.401. The van der Waals surface area contributed by atoms with Gasteiger partial charge in [0.05, 0.1) is 6.54 Å². The number of carbonyl (C=O) groups excluding carboxylic acids is 1. The quantitative estimate of drug-likeness (QED) is 0.914. The Morgan fingerprint density at radius 1 is 1.10 bits per heavy atom. The van der Waals surface area contributed by atoms with Crippen molar-refractivity contribution in [1.82, 2.24) is 10.2 Å². The van der Waals surface area contributed by atoms with Gasteiger partial charge in [-0.1, -0.05) is 12.1 Å². The number of nitrogens with zero attached hydrogens (tertiary/aromatic N) is 1. The number of hydrogen-bond donors (Lipinski definition) is 1. The van der Waals surface area contributed by atoms with Crippen LogP contribution in [0, 0.1) is 17.7 Å². The van der Waals surface area contributed by atoms with Gasteiger partial charge < -0.3 is 4.90 Å². The number of nitrogens with one attached hydrogen (secondary N) is 1. The van der Waals surface area contributed by atoms with Gasteiger partial charge in [0, 0.05) is 6.04 Å². The van der Waals surface area contributed by atoms with Gasteiger partial charge in [-0.25, -0.2) is 4.39 Å². The van der Waals surface area contributed by atoms with Crippen LogP contribution in [0.15, 0.2) is 24.3 Å². The van der Waals surface area contributed by atoms with E-state index in [-0.39, 0.29) is 17.9 Å². The highest BCUT2D eigenvalue weighted by Gasteiger charge is 2.49. The summed E-state index contributed by atoms with van der Waals surface area (Å²) in [6, 6.07) is 6.92. The summed E-state index contributed by atoms with van der Waals surface area (Å²) >= 11 is 0. The van der Waals surface area contributed by atoms with Crippen LogP contribution in [-0.2, 0) is 4.79 Å². The van der Waals surface area contributed by atoms with Gasteiger partial charge in [-0.3, -0.25) is 10.1 Å². The van der Waals surface area contributed by atoms with E-state index in [1.165, 1.54) is 37.8 Å². The molecule has 0 bridgehead atoms. The normalized spacial score (nSPS) is 26.6. The van der Waals surface area contributed by atoms with Gasteiger partial charge in [-0.2, -0.15) is 0 Å². The fourth-order valence-electron chi connectivity index (χ4n) is 3.49. The van der Waals surface area contributed by atoms with Crippen LogP contribution in [0.5, 0.6) is 0 Å². The molecule has 4 rings (SSSR count). The van der Waals surface area contributed by atoms with Crippen molar-refractivity contribution in [3.8, 4) is 0 Å². The Balaban J connectivity index is 1.64. The maximum absolute atomic E-state index is 13.1. The molecule has 2 aliphatic carbocycles. The molecule has 1 aromatic carbocycles. The Labute approximate surface area is 118 Å². The van der Waals surface area contributed by atoms with Crippen LogP contribution in [0.4, 0.5) is 4.39 Å². The zero-order valence-electron chi connectivity index (χ0n) is 11.4. The summed E-state index contributed by atoms with van der Waals surface area (Å²) in [4.78, 5) is 14.4. The van der Waals surface area contributed by atoms with Crippen molar-refractivity contribution in [1.29, 1.82) is 0 Å². The molecule has 1 aromatic rings. The highest BCUT2D eigenvalue weighted by atomic mass is 19.1. The van der Waals surface area contributed by atoms with Crippen LogP contribution in [-0.4, -0.2) is 23.4 Å². The standard InChI is InChI=1S/C16H19FN2O/c17-13-7-5-12(6-8-13)16-18-9-14(20)19(16)15(10-1-2-10)11-3-4-11/h5-8,10-11,15-16,18H,1-4,9H2. The SMILES string of the molecule is O=C1CNC(c2ccc(F)cc2)N1C(C1CC1)C1CC1. The molecule has 1 amide bonds. The first-order chi connectivity index (χ1) is 9.74. The fourth-order valence-corrected chi connectivity index (χ4v) is 3.49. The highest BCUT2D eigenvalue weighted by molar-refractivity contribution is 5.81. The Hall–Kier alpha value is -1.42. The van der Waals surface area contributed by atoms with Crippen molar-refractivity contribution in [2.75, 3.05) is 6.54 Å². The summed E-state index contributed by atoms with van der Waals surface area (Å²) in [6.07, 6.45) is 4.93. The number of amides is 1. The third kappa shape index (κ3) is 2.12. The van der Waals surface area contributed by atoms with E-state index in [9.17, 15) is 9.18 Å². The largest absolute Gasteiger partial charge is 0.318 e. The van der Waals surface area contributed by atoms with Crippen molar-refractivity contribution in [2.45, 2.75) is 37.9 Å². The number of carbonyl (C=O) groups is 1. The zero-order valence-corrected chi connectivity index (χ0v) is 11.4. The molecule has 0 aromatic heterocycles. The smallest absolute Gasteiger partial charge is 0.238 e. The molecule has 106 valence electrons. The van der Waals surface area contributed by atoms with E-state index in [2.05, 4.69) is 10.2 Å². The van der Waals surface area contributed by atoms with Crippen molar-refractivity contribution < 1.29 is 9.18 Å². The minimum atomic E-state index is -0.231. The molecule has 0 radical (unpaired) electrons. The molecule has 3 fully saturated rings. The first-order valence-corrected chi connectivity index (χ1v) is 7.54. The average molecular weight is 274 g/mol. The lowest BCUT2D eigenvalue weighted by molar-refractivity contribution is -0.131. The predicted octanol–water partition coefficient (Wildman–Crippen LogP) is 2.44. The summed E-state index contributed by atoms with van der Waals surface area (Å²) in [5.41, 5.74) is 0.989. The molecule has 0 spiro atoms. The van der Waals surface area contributed by atoms with Gasteiger partial charge >= 0.3 is 0 Å². The van der Waals surface area contributed by atoms with Crippen LogP contribution in [0.2, 0.25) is 0 Å². The van der Waals surface area contributed by atoms with E-state index in [4.69, 9.17) is 0 Å². The molecule has 1 saturated heterocycles. The Bertz CT molecular complexity index is 510. The molecule has 20 heavy (non-hydrogen) atoms. The van der Waals surface area contributed by atoms with E-state index < -0.39 is 0 Å². The minimum Gasteiger partial charge on any atom is -0.318 e. The Kier molecular flexibility index (Phi) is 2.81. The molecule has 1 unspecified atom stereocenters.